The average molecular weight is 146 g/mol. The zero-order valence-electron chi connectivity index (χ0n) is 5.12. The van der Waals surface area contributed by atoms with Gasteiger partial charge < -0.3 is 5.11 Å². The van der Waals surface area contributed by atoms with Crippen molar-refractivity contribution < 1.29 is 9.32 Å². The van der Waals surface area contributed by atoms with Gasteiger partial charge in [0.25, 0.3) is 0 Å². The molecular formula is C6H10O2S. The minimum atomic E-state index is -1.25. The van der Waals surface area contributed by atoms with E-state index < -0.39 is 16.2 Å². The van der Waals surface area contributed by atoms with E-state index in [0.717, 1.165) is 0 Å². The Morgan fingerprint density at radius 1 is 1.67 bits per heavy atom. The first-order valence-corrected chi connectivity index (χ1v) is 3.89. The van der Waals surface area contributed by atoms with Crippen LogP contribution in [0, 0.1) is 0 Å². The lowest BCUT2D eigenvalue weighted by atomic mass is 10.7. The van der Waals surface area contributed by atoms with Gasteiger partial charge in [0, 0.05) is 5.75 Å². The molecular weight excluding hydrogens is 136 g/mol. The van der Waals surface area contributed by atoms with Crippen molar-refractivity contribution in [3.05, 3.63) is 25.3 Å². The van der Waals surface area contributed by atoms with Crippen molar-refractivity contribution in [1.82, 2.24) is 0 Å². The van der Waals surface area contributed by atoms with Gasteiger partial charge in [-0.05, 0) is 0 Å². The second-order valence-electron chi connectivity index (χ2n) is 1.46. The van der Waals surface area contributed by atoms with E-state index in [9.17, 15) is 4.21 Å². The normalized spacial score (nSPS) is 16.1. The number of aliphatic hydroxyl groups is 1. The predicted octanol–water partition coefficient (Wildman–Crippen LogP) is 0.426. The van der Waals surface area contributed by atoms with Gasteiger partial charge in [-0.3, -0.25) is 4.21 Å². The molecule has 2 unspecified atom stereocenters. The minimum absolute atomic E-state index is 0.313. The SMILES string of the molecule is C=CCS(=O)C(O)C=C. The fourth-order valence-corrected chi connectivity index (χ4v) is 0.966. The van der Waals surface area contributed by atoms with Crippen LogP contribution in [-0.4, -0.2) is 20.5 Å². The maximum atomic E-state index is 10.7. The summed E-state index contributed by atoms with van der Waals surface area (Å²) in [6.07, 6.45) is 2.75. The zero-order valence-corrected chi connectivity index (χ0v) is 5.93. The second kappa shape index (κ2) is 4.47. The number of hydrogen-bond donors (Lipinski definition) is 1. The van der Waals surface area contributed by atoms with Crippen molar-refractivity contribution in [2.24, 2.45) is 0 Å². The van der Waals surface area contributed by atoms with Crippen molar-refractivity contribution in [3.63, 3.8) is 0 Å². The molecule has 0 aromatic heterocycles. The van der Waals surface area contributed by atoms with E-state index in [0.29, 0.717) is 5.75 Å². The van der Waals surface area contributed by atoms with Gasteiger partial charge in [0.15, 0.2) is 0 Å². The minimum Gasteiger partial charge on any atom is -0.376 e. The lowest BCUT2D eigenvalue weighted by Gasteiger charge is -2.00. The molecule has 9 heavy (non-hydrogen) atoms. The molecule has 0 saturated heterocycles. The van der Waals surface area contributed by atoms with Crippen LogP contribution in [0.4, 0.5) is 0 Å². The Hall–Kier alpha value is -0.410. The Balaban J connectivity index is 3.71. The van der Waals surface area contributed by atoms with E-state index in [2.05, 4.69) is 13.2 Å². The van der Waals surface area contributed by atoms with Crippen LogP contribution in [0.2, 0.25) is 0 Å². The molecule has 0 saturated carbocycles. The Morgan fingerprint density at radius 3 is 2.56 bits per heavy atom. The van der Waals surface area contributed by atoms with E-state index in [4.69, 9.17) is 5.11 Å². The summed E-state index contributed by atoms with van der Waals surface area (Å²) in [5.74, 6) is 0.313. The van der Waals surface area contributed by atoms with Gasteiger partial charge in [-0.1, -0.05) is 18.7 Å². The standard InChI is InChI=1S/C6H10O2S/c1-3-5-9(8)6(7)4-2/h3-4,6-7H,1-2,5H2. The maximum absolute atomic E-state index is 10.7. The van der Waals surface area contributed by atoms with Crippen LogP contribution in [0.3, 0.4) is 0 Å². The fraction of sp³-hybridized carbons (Fsp3) is 0.333. The van der Waals surface area contributed by atoms with Crippen LogP contribution in [0.25, 0.3) is 0 Å². The van der Waals surface area contributed by atoms with Gasteiger partial charge >= 0.3 is 0 Å². The summed E-state index contributed by atoms with van der Waals surface area (Å²) in [6.45, 7) is 6.67. The quantitative estimate of drug-likeness (QED) is 0.584. The van der Waals surface area contributed by atoms with Crippen LogP contribution in [0.5, 0.6) is 0 Å². The van der Waals surface area contributed by atoms with Crippen LogP contribution in [0.1, 0.15) is 0 Å². The van der Waals surface area contributed by atoms with Gasteiger partial charge in [-0.15, -0.1) is 6.58 Å². The van der Waals surface area contributed by atoms with Crippen molar-refractivity contribution >= 4 is 10.8 Å². The molecule has 0 heterocycles. The Morgan fingerprint density at radius 2 is 2.22 bits per heavy atom. The van der Waals surface area contributed by atoms with Crippen LogP contribution in [0.15, 0.2) is 25.3 Å². The lowest BCUT2D eigenvalue weighted by molar-refractivity contribution is 0.303. The van der Waals surface area contributed by atoms with E-state index in [1.165, 1.54) is 12.2 Å². The first-order valence-electron chi connectivity index (χ1n) is 2.51. The van der Waals surface area contributed by atoms with E-state index in [1.807, 2.05) is 0 Å². The third-order valence-corrected chi connectivity index (χ3v) is 2.05. The van der Waals surface area contributed by atoms with Crippen LogP contribution >= 0.6 is 0 Å². The number of rotatable bonds is 4. The molecule has 2 nitrogen and oxygen atoms in total. The molecule has 0 aromatic rings. The molecule has 0 bridgehead atoms. The number of hydrogen-bond acceptors (Lipinski definition) is 2. The van der Waals surface area contributed by atoms with Gasteiger partial charge in [0.2, 0.25) is 0 Å². The molecule has 0 spiro atoms. The highest BCUT2D eigenvalue weighted by Gasteiger charge is 2.04. The Labute approximate surface area is 57.4 Å². The zero-order chi connectivity index (χ0) is 7.28. The van der Waals surface area contributed by atoms with Gasteiger partial charge in [0.05, 0.1) is 10.8 Å². The summed E-state index contributed by atoms with van der Waals surface area (Å²) in [6, 6.07) is 0. The molecule has 0 rings (SSSR count). The molecule has 0 amide bonds. The van der Waals surface area contributed by atoms with E-state index in [-0.39, 0.29) is 0 Å². The topological polar surface area (TPSA) is 37.3 Å². The molecule has 0 aliphatic rings. The molecule has 52 valence electrons. The summed E-state index contributed by atoms with van der Waals surface area (Å²) in [5, 5.41) is 8.79. The molecule has 1 N–H and O–H groups in total. The molecule has 0 aromatic carbocycles. The highest BCUT2D eigenvalue weighted by atomic mass is 32.2. The lowest BCUT2D eigenvalue weighted by Crippen LogP contribution is -2.12. The summed E-state index contributed by atoms with van der Waals surface area (Å²) in [4.78, 5) is 0. The van der Waals surface area contributed by atoms with Gasteiger partial charge in [0.1, 0.15) is 5.44 Å². The first-order chi connectivity index (χ1) is 4.22. The third-order valence-electron chi connectivity index (χ3n) is 0.753. The van der Waals surface area contributed by atoms with Gasteiger partial charge in [-0.2, -0.15) is 0 Å². The maximum Gasteiger partial charge on any atom is 0.147 e. The van der Waals surface area contributed by atoms with E-state index >= 15 is 0 Å². The average Bonchev–Trinajstić information content (AvgIpc) is 1.87. The smallest absolute Gasteiger partial charge is 0.147 e. The van der Waals surface area contributed by atoms with Gasteiger partial charge in [-0.25, -0.2) is 0 Å². The van der Waals surface area contributed by atoms with Crippen molar-refractivity contribution in [2.45, 2.75) is 5.44 Å². The summed E-state index contributed by atoms with van der Waals surface area (Å²) in [7, 11) is -1.25. The molecule has 0 radical (unpaired) electrons. The predicted molar refractivity (Wildman–Crippen MR) is 39.4 cm³/mol. The largest absolute Gasteiger partial charge is 0.376 e. The Bertz CT molecular complexity index is 131. The highest BCUT2D eigenvalue weighted by Crippen LogP contribution is 1.92. The van der Waals surface area contributed by atoms with E-state index in [1.54, 1.807) is 0 Å². The fourth-order valence-electron chi connectivity index (χ4n) is 0.322. The van der Waals surface area contributed by atoms with Crippen molar-refractivity contribution in [2.75, 3.05) is 5.75 Å². The second-order valence-corrected chi connectivity index (χ2v) is 3.04. The molecule has 2 atom stereocenters. The van der Waals surface area contributed by atoms with Crippen molar-refractivity contribution in [3.8, 4) is 0 Å². The highest BCUT2D eigenvalue weighted by molar-refractivity contribution is 7.85. The van der Waals surface area contributed by atoms with Crippen molar-refractivity contribution in [1.29, 1.82) is 0 Å². The Kier molecular flexibility index (Phi) is 4.26. The summed E-state index contributed by atoms with van der Waals surface area (Å²) in [5.41, 5.74) is -0.914. The first kappa shape index (κ1) is 8.59. The summed E-state index contributed by atoms with van der Waals surface area (Å²) >= 11 is 0. The van der Waals surface area contributed by atoms with Crippen LogP contribution < -0.4 is 0 Å². The number of aliphatic hydroxyl groups excluding tert-OH is 1. The third kappa shape index (κ3) is 3.21. The van der Waals surface area contributed by atoms with Crippen LogP contribution in [-0.2, 0) is 10.8 Å². The molecule has 0 aliphatic carbocycles. The molecule has 0 fully saturated rings. The molecule has 0 aliphatic heterocycles. The monoisotopic (exact) mass is 146 g/mol. The summed E-state index contributed by atoms with van der Waals surface area (Å²) < 4.78 is 10.7. The molecule has 3 heteroatoms.